The van der Waals surface area contributed by atoms with E-state index in [1.165, 1.54) is 17.1 Å². The summed E-state index contributed by atoms with van der Waals surface area (Å²) in [5.41, 5.74) is 8.91. The molecular formula is C10H14FN3O. The molecule has 1 rings (SSSR count). The molecule has 0 aromatic heterocycles. The molecule has 0 heterocycles. The maximum Gasteiger partial charge on any atom is 0.265 e. The number of benzene rings is 1. The van der Waals surface area contributed by atoms with Crippen molar-refractivity contribution in [2.45, 2.75) is 6.92 Å². The van der Waals surface area contributed by atoms with Crippen molar-refractivity contribution in [3.63, 3.8) is 0 Å². The van der Waals surface area contributed by atoms with Gasteiger partial charge in [-0.25, -0.2) is 9.40 Å². The number of hydrogen-bond acceptors (Lipinski definition) is 3. The standard InChI is InChI=1S/C10H14FN3O/c1-6-8(11)4-7(5-9(6)12)10(15)13-14(2)3/h4-5H,12H2,1-3H3,(H,13,15). The number of carbonyl (C=O) groups excluding carboxylic acids is 1. The minimum atomic E-state index is -0.473. The van der Waals surface area contributed by atoms with E-state index in [1.807, 2.05) is 0 Å². The zero-order chi connectivity index (χ0) is 11.6. The Hall–Kier alpha value is -1.62. The zero-order valence-corrected chi connectivity index (χ0v) is 8.97. The van der Waals surface area contributed by atoms with Gasteiger partial charge in [0.25, 0.3) is 5.91 Å². The SMILES string of the molecule is Cc1c(N)cc(C(=O)NN(C)C)cc1F. The number of nitrogen functional groups attached to an aromatic ring is 1. The van der Waals surface area contributed by atoms with Gasteiger partial charge in [0, 0.05) is 30.9 Å². The van der Waals surface area contributed by atoms with Crippen LogP contribution in [0.15, 0.2) is 12.1 Å². The van der Waals surface area contributed by atoms with Gasteiger partial charge in [0.05, 0.1) is 0 Å². The molecule has 0 atom stereocenters. The number of amides is 1. The first-order chi connectivity index (χ1) is 6.91. The van der Waals surface area contributed by atoms with Crippen molar-refractivity contribution in [3.8, 4) is 0 Å². The zero-order valence-electron chi connectivity index (χ0n) is 8.97. The van der Waals surface area contributed by atoms with Crippen LogP contribution in [-0.4, -0.2) is 25.0 Å². The van der Waals surface area contributed by atoms with E-state index in [0.717, 1.165) is 0 Å². The van der Waals surface area contributed by atoms with Crippen LogP contribution in [0.4, 0.5) is 10.1 Å². The van der Waals surface area contributed by atoms with E-state index in [9.17, 15) is 9.18 Å². The topological polar surface area (TPSA) is 58.4 Å². The van der Waals surface area contributed by atoms with E-state index in [-0.39, 0.29) is 17.2 Å². The Balaban J connectivity index is 3.01. The van der Waals surface area contributed by atoms with Gasteiger partial charge in [-0.1, -0.05) is 0 Å². The van der Waals surface area contributed by atoms with Crippen molar-refractivity contribution in [1.29, 1.82) is 0 Å². The number of nitrogens with one attached hydrogen (secondary N) is 1. The second-order valence-electron chi connectivity index (χ2n) is 3.51. The lowest BCUT2D eigenvalue weighted by molar-refractivity contribution is 0.0856. The summed E-state index contributed by atoms with van der Waals surface area (Å²) in [5.74, 6) is -0.857. The van der Waals surface area contributed by atoms with Crippen LogP contribution in [0.5, 0.6) is 0 Å². The summed E-state index contributed by atoms with van der Waals surface area (Å²) in [5, 5.41) is 1.48. The van der Waals surface area contributed by atoms with Crippen LogP contribution in [0, 0.1) is 12.7 Å². The highest BCUT2D eigenvalue weighted by Gasteiger charge is 2.11. The van der Waals surface area contributed by atoms with Gasteiger partial charge in [-0.2, -0.15) is 0 Å². The van der Waals surface area contributed by atoms with Gasteiger partial charge in [-0.05, 0) is 19.1 Å². The highest BCUT2D eigenvalue weighted by molar-refractivity contribution is 5.94. The molecule has 1 amide bonds. The van der Waals surface area contributed by atoms with Crippen molar-refractivity contribution in [3.05, 3.63) is 29.1 Å². The van der Waals surface area contributed by atoms with Gasteiger partial charge in [-0.15, -0.1) is 0 Å². The van der Waals surface area contributed by atoms with Crippen LogP contribution >= 0.6 is 0 Å². The molecule has 0 aliphatic rings. The first-order valence-corrected chi connectivity index (χ1v) is 4.45. The van der Waals surface area contributed by atoms with Crippen molar-refractivity contribution in [2.24, 2.45) is 0 Å². The lowest BCUT2D eigenvalue weighted by atomic mass is 10.1. The number of halogens is 1. The molecule has 0 saturated carbocycles. The fourth-order valence-electron chi connectivity index (χ4n) is 1.10. The molecule has 0 unspecified atom stereocenters. The molecule has 0 fully saturated rings. The monoisotopic (exact) mass is 211 g/mol. The van der Waals surface area contributed by atoms with Crippen molar-refractivity contribution >= 4 is 11.6 Å². The Morgan fingerprint density at radius 1 is 1.47 bits per heavy atom. The van der Waals surface area contributed by atoms with Crippen molar-refractivity contribution in [2.75, 3.05) is 19.8 Å². The van der Waals surface area contributed by atoms with E-state index in [2.05, 4.69) is 5.43 Å². The summed E-state index contributed by atoms with van der Waals surface area (Å²) in [6.07, 6.45) is 0. The smallest absolute Gasteiger partial charge is 0.265 e. The summed E-state index contributed by atoms with van der Waals surface area (Å²) in [7, 11) is 3.34. The van der Waals surface area contributed by atoms with E-state index in [0.29, 0.717) is 5.56 Å². The van der Waals surface area contributed by atoms with Crippen LogP contribution in [0.3, 0.4) is 0 Å². The normalized spacial score (nSPS) is 10.5. The molecule has 0 aliphatic carbocycles. The molecule has 0 saturated heterocycles. The molecular weight excluding hydrogens is 197 g/mol. The third kappa shape index (κ3) is 2.66. The molecule has 1 aromatic carbocycles. The lowest BCUT2D eigenvalue weighted by Gasteiger charge is -2.12. The molecule has 3 N–H and O–H groups in total. The first kappa shape index (κ1) is 11.5. The quantitative estimate of drug-likeness (QED) is 0.565. The highest BCUT2D eigenvalue weighted by atomic mass is 19.1. The number of rotatable bonds is 2. The minimum Gasteiger partial charge on any atom is -0.398 e. The number of nitrogens with two attached hydrogens (primary N) is 1. The molecule has 0 aliphatic heterocycles. The van der Waals surface area contributed by atoms with Gasteiger partial charge in [-0.3, -0.25) is 10.2 Å². The molecule has 1 aromatic rings. The number of anilines is 1. The van der Waals surface area contributed by atoms with E-state index < -0.39 is 5.82 Å². The Morgan fingerprint density at radius 2 is 2.07 bits per heavy atom. The van der Waals surface area contributed by atoms with Crippen LogP contribution in [0.25, 0.3) is 0 Å². The van der Waals surface area contributed by atoms with Gasteiger partial charge >= 0.3 is 0 Å². The summed E-state index contributed by atoms with van der Waals surface area (Å²) >= 11 is 0. The predicted octanol–water partition coefficient (Wildman–Crippen LogP) is 0.923. The van der Waals surface area contributed by atoms with Crippen LogP contribution < -0.4 is 11.2 Å². The van der Waals surface area contributed by atoms with Crippen LogP contribution in [-0.2, 0) is 0 Å². The number of hydrazine groups is 1. The predicted molar refractivity (Wildman–Crippen MR) is 56.7 cm³/mol. The average molecular weight is 211 g/mol. The molecule has 0 bridgehead atoms. The van der Waals surface area contributed by atoms with Crippen molar-refractivity contribution < 1.29 is 9.18 Å². The summed E-state index contributed by atoms with van der Waals surface area (Å²) < 4.78 is 13.3. The fourth-order valence-corrected chi connectivity index (χ4v) is 1.10. The Kier molecular flexibility index (Phi) is 3.26. The number of nitrogens with zero attached hydrogens (tertiary/aromatic N) is 1. The third-order valence-corrected chi connectivity index (χ3v) is 1.97. The van der Waals surface area contributed by atoms with E-state index in [4.69, 9.17) is 5.73 Å². The largest absolute Gasteiger partial charge is 0.398 e. The summed E-state index contributed by atoms with van der Waals surface area (Å²) in [4.78, 5) is 11.5. The molecule has 0 spiro atoms. The maximum atomic E-state index is 13.3. The van der Waals surface area contributed by atoms with Gasteiger partial charge in [0.2, 0.25) is 0 Å². The highest BCUT2D eigenvalue weighted by Crippen LogP contribution is 2.17. The molecule has 5 heteroatoms. The molecule has 4 nitrogen and oxygen atoms in total. The first-order valence-electron chi connectivity index (χ1n) is 4.45. The van der Waals surface area contributed by atoms with E-state index in [1.54, 1.807) is 21.0 Å². The third-order valence-electron chi connectivity index (χ3n) is 1.97. The van der Waals surface area contributed by atoms with Crippen LogP contribution in [0.2, 0.25) is 0 Å². The summed E-state index contributed by atoms with van der Waals surface area (Å²) in [6, 6.07) is 2.63. The van der Waals surface area contributed by atoms with Gasteiger partial charge in [0.15, 0.2) is 0 Å². The van der Waals surface area contributed by atoms with Crippen molar-refractivity contribution in [1.82, 2.24) is 10.4 Å². The molecule has 82 valence electrons. The lowest BCUT2D eigenvalue weighted by Crippen LogP contribution is -2.36. The fraction of sp³-hybridized carbons (Fsp3) is 0.300. The van der Waals surface area contributed by atoms with Crippen LogP contribution in [0.1, 0.15) is 15.9 Å². The molecule has 0 radical (unpaired) electrons. The molecule has 15 heavy (non-hydrogen) atoms. The Labute approximate surface area is 87.8 Å². The summed E-state index contributed by atoms with van der Waals surface area (Å²) in [6.45, 7) is 1.57. The second kappa shape index (κ2) is 4.27. The Morgan fingerprint density at radius 3 is 2.53 bits per heavy atom. The maximum absolute atomic E-state index is 13.3. The Bertz CT molecular complexity index is 367. The van der Waals surface area contributed by atoms with Gasteiger partial charge in [0.1, 0.15) is 5.82 Å². The number of hydrogen-bond donors (Lipinski definition) is 2. The van der Waals surface area contributed by atoms with E-state index >= 15 is 0 Å². The van der Waals surface area contributed by atoms with Gasteiger partial charge < -0.3 is 5.73 Å². The minimum absolute atomic E-state index is 0.212. The average Bonchev–Trinajstić information content (AvgIpc) is 2.12. The number of carbonyl (C=O) groups is 1. The second-order valence-corrected chi connectivity index (χ2v) is 3.51.